The number of hydrogen-bond acceptors (Lipinski definition) is 2. The van der Waals surface area contributed by atoms with Crippen molar-refractivity contribution in [2.45, 2.75) is 6.42 Å². The number of rotatable bonds is 3. The van der Waals surface area contributed by atoms with Crippen LogP contribution in [-0.2, 0) is 11.3 Å². The third-order valence-electron chi connectivity index (χ3n) is 1.58. The van der Waals surface area contributed by atoms with Gasteiger partial charge in [0.05, 0.1) is 11.1 Å². The molecule has 1 rings (SSSR count). The van der Waals surface area contributed by atoms with Crippen molar-refractivity contribution >= 4 is 27.5 Å². The molecule has 0 amide bonds. The van der Waals surface area contributed by atoms with Crippen molar-refractivity contribution in [3.8, 4) is 0 Å². The minimum atomic E-state index is -0.373. The zero-order valence-electron chi connectivity index (χ0n) is 6.69. The second kappa shape index (κ2) is 4.91. The van der Waals surface area contributed by atoms with Crippen LogP contribution in [0.2, 0.25) is 5.02 Å². The van der Waals surface area contributed by atoms with Crippen molar-refractivity contribution in [2.75, 3.05) is 6.61 Å². The van der Waals surface area contributed by atoms with Gasteiger partial charge in [0.2, 0.25) is 0 Å². The van der Waals surface area contributed by atoms with Gasteiger partial charge in [-0.1, -0.05) is 11.6 Å². The quantitative estimate of drug-likeness (QED) is 0.676. The van der Waals surface area contributed by atoms with Gasteiger partial charge in [-0.05, 0) is 40.0 Å². The van der Waals surface area contributed by atoms with Gasteiger partial charge in [0.25, 0.3) is 0 Å². The third kappa shape index (κ3) is 2.91. The first-order valence-corrected chi connectivity index (χ1v) is 4.77. The summed E-state index contributed by atoms with van der Waals surface area (Å²) in [5.41, 5.74) is 0.806. The fourth-order valence-electron chi connectivity index (χ4n) is 0.924. The minimum Gasteiger partial charge on any atom is -0.304 e. The standard InChI is InChI=1S/C8H8BrClFNO/c9-6-3-5(1-2-13-12)7(10)4-8(6)11/h3-4H,1-2,12H2. The summed E-state index contributed by atoms with van der Waals surface area (Å²) >= 11 is 8.85. The van der Waals surface area contributed by atoms with Crippen LogP contribution in [0.15, 0.2) is 16.6 Å². The molecular weight excluding hydrogens is 260 g/mol. The van der Waals surface area contributed by atoms with Crippen LogP contribution >= 0.6 is 27.5 Å². The first kappa shape index (κ1) is 10.9. The van der Waals surface area contributed by atoms with Crippen LogP contribution in [0.1, 0.15) is 5.56 Å². The molecule has 0 aliphatic heterocycles. The van der Waals surface area contributed by atoms with Crippen LogP contribution < -0.4 is 5.90 Å². The maximum Gasteiger partial charge on any atom is 0.138 e. The molecule has 0 bridgehead atoms. The Kier molecular flexibility index (Phi) is 4.12. The normalized spacial score (nSPS) is 10.5. The summed E-state index contributed by atoms with van der Waals surface area (Å²) in [5, 5.41) is 0.387. The molecule has 2 nitrogen and oxygen atoms in total. The lowest BCUT2D eigenvalue weighted by atomic mass is 10.1. The Bertz CT molecular complexity index is 308. The van der Waals surface area contributed by atoms with Crippen LogP contribution in [0.25, 0.3) is 0 Å². The van der Waals surface area contributed by atoms with Gasteiger partial charge in [-0.15, -0.1) is 0 Å². The Morgan fingerprint density at radius 2 is 2.23 bits per heavy atom. The Balaban J connectivity index is 2.88. The minimum absolute atomic E-state index is 0.359. The molecule has 0 unspecified atom stereocenters. The van der Waals surface area contributed by atoms with E-state index in [4.69, 9.17) is 17.5 Å². The fourth-order valence-corrected chi connectivity index (χ4v) is 1.56. The lowest BCUT2D eigenvalue weighted by Crippen LogP contribution is -2.04. The molecule has 1 aromatic rings. The van der Waals surface area contributed by atoms with Crippen molar-refractivity contribution in [1.82, 2.24) is 0 Å². The van der Waals surface area contributed by atoms with E-state index >= 15 is 0 Å². The Morgan fingerprint density at radius 1 is 1.54 bits per heavy atom. The highest BCUT2D eigenvalue weighted by Gasteiger charge is 2.06. The molecular formula is C8H8BrClFNO. The molecule has 5 heteroatoms. The summed E-state index contributed by atoms with van der Waals surface area (Å²) in [6, 6.07) is 2.88. The maximum atomic E-state index is 12.9. The molecule has 0 radical (unpaired) electrons. The second-order valence-corrected chi connectivity index (χ2v) is 3.74. The average Bonchev–Trinajstić information content (AvgIpc) is 2.09. The van der Waals surface area contributed by atoms with E-state index in [1.54, 1.807) is 6.07 Å². The van der Waals surface area contributed by atoms with E-state index in [0.29, 0.717) is 22.5 Å². The van der Waals surface area contributed by atoms with E-state index in [1.807, 2.05) is 0 Å². The van der Waals surface area contributed by atoms with Gasteiger partial charge in [-0.2, -0.15) is 0 Å². The van der Waals surface area contributed by atoms with Crippen molar-refractivity contribution < 1.29 is 9.23 Å². The molecule has 0 atom stereocenters. The molecule has 0 aliphatic carbocycles. The lowest BCUT2D eigenvalue weighted by Gasteiger charge is -2.04. The SMILES string of the molecule is NOCCc1cc(Br)c(F)cc1Cl. The molecule has 72 valence electrons. The second-order valence-electron chi connectivity index (χ2n) is 2.48. The number of hydrogen-bond donors (Lipinski definition) is 1. The fraction of sp³-hybridized carbons (Fsp3) is 0.250. The van der Waals surface area contributed by atoms with E-state index in [0.717, 1.165) is 5.56 Å². The summed E-state index contributed by atoms with van der Waals surface area (Å²) in [7, 11) is 0. The van der Waals surface area contributed by atoms with Crippen molar-refractivity contribution in [1.29, 1.82) is 0 Å². The summed E-state index contributed by atoms with van der Waals surface area (Å²) in [4.78, 5) is 4.40. The molecule has 0 spiro atoms. The Morgan fingerprint density at radius 3 is 2.85 bits per heavy atom. The Hall–Kier alpha value is -0.160. The van der Waals surface area contributed by atoms with Gasteiger partial charge in [0, 0.05) is 5.02 Å². The van der Waals surface area contributed by atoms with E-state index in [-0.39, 0.29) is 5.82 Å². The maximum absolute atomic E-state index is 12.9. The van der Waals surface area contributed by atoms with Gasteiger partial charge >= 0.3 is 0 Å². The molecule has 0 aromatic heterocycles. The average molecular weight is 269 g/mol. The van der Waals surface area contributed by atoms with Gasteiger partial charge in [0.15, 0.2) is 0 Å². The molecule has 0 aliphatic rings. The van der Waals surface area contributed by atoms with Crippen LogP contribution in [-0.4, -0.2) is 6.61 Å². The van der Waals surface area contributed by atoms with Crippen LogP contribution in [0, 0.1) is 5.82 Å². The summed E-state index contributed by atoms with van der Waals surface area (Å²) in [6.45, 7) is 0.359. The third-order valence-corrected chi connectivity index (χ3v) is 2.54. The highest BCUT2D eigenvalue weighted by Crippen LogP contribution is 2.24. The predicted octanol–water partition coefficient (Wildman–Crippen LogP) is 2.67. The van der Waals surface area contributed by atoms with Gasteiger partial charge in [0.1, 0.15) is 5.82 Å². The predicted molar refractivity (Wildman–Crippen MR) is 53.0 cm³/mol. The van der Waals surface area contributed by atoms with Crippen LogP contribution in [0.3, 0.4) is 0 Å². The van der Waals surface area contributed by atoms with E-state index in [1.165, 1.54) is 6.07 Å². The number of halogens is 3. The summed E-state index contributed by atoms with van der Waals surface area (Å²) in [6.07, 6.45) is 0.564. The topological polar surface area (TPSA) is 35.2 Å². The first-order valence-electron chi connectivity index (χ1n) is 3.60. The number of nitrogens with two attached hydrogens (primary N) is 1. The van der Waals surface area contributed by atoms with E-state index < -0.39 is 0 Å². The summed E-state index contributed by atoms with van der Waals surface area (Å²) < 4.78 is 13.3. The van der Waals surface area contributed by atoms with Gasteiger partial charge in [-0.25, -0.2) is 10.3 Å². The molecule has 1 aromatic carbocycles. The molecule has 2 N–H and O–H groups in total. The summed E-state index contributed by atoms with van der Waals surface area (Å²) in [5.74, 6) is 4.49. The molecule has 0 saturated carbocycles. The monoisotopic (exact) mass is 267 g/mol. The van der Waals surface area contributed by atoms with Crippen molar-refractivity contribution in [2.24, 2.45) is 5.90 Å². The largest absolute Gasteiger partial charge is 0.304 e. The first-order chi connectivity index (χ1) is 6.15. The van der Waals surface area contributed by atoms with Crippen molar-refractivity contribution in [3.05, 3.63) is 33.0 Å². The smallest absolute Gasteiger partial charge is 0.138 e. The highest BCUT2D eigenvalue weighted by atomic mass is 79.9. The molecule has 0 heterocycles. The molecule has 13 heavy (non-hydrogen) atoms. The zero-order valence-corrected chi connectivity index (χ0v) is 9.03. The van der Waals surface area contributed by atoms with Crippen LogP contribution in [0.5, 0.6) is 0 Å². The molecule has 0 saturated heterocycles. The van der Waals surface area contributed by atoms with E-state index in [2.05, 4.69) is 20.8 Å². The van der Waals surface area contributed by atoms with Crippen LogP contribution in [0.4, 0.5) is 4.39 Å². The van der Waals surface area contributed by atoms with E-state index in [9.17, 15) is 4.39 Å². The Labute approximate surface area is 88.9 Å². The number of benzene rings is 1. The molecule has 0 fully saturated rings. The van der Waals surface area contributed by atoms with Gasteiger partial charge in [-0.3, -0.25) is 0 Å². The lowest BCUT2D eigenvalue weighted by molar-refractivity contribution is 0.141. The highest BCUT2D eigenvalue weighted by molar-refractivity contribution is 9.10. The van der Waals surface area contributed by atoms with Crippen molar-refractivity contribution in [3.63, 3.8) is 0 Å². The zero-order chi connectivity index (χ0) is 9.84. The van der Waals surface area contributed by atoms with Gasteiger partial charge < -0.3 is 4.84 Å².